The van der Waals surface area contributed by atoms with Crippen molar-refractivity contribution >= 4 is 0 Å². The van der Waals surface area contributed by atoms with Crippen molar-refractivity contribution in [3.63, 3.8) is 0 Å². The average Bonchev–Trinajstić information content (AvgIpc) is 2.02. The van der Waals surface area contributed by atoms with E-state index in [-0.39, 0.29) is 0 Å². The number of aliphatic hydroxyl groups is 2. The lowest BCUT2D eigenvalue weighted by atomic mass is 9.89. The Morgan fingerprint density at radius 1 is 1.13 bits per heavy atom. The van der Waals surface area contributed by atoms with Crippen molar-refractivity contribution in [2.45, 2.75) is 63.6 Å². The molecule has 0 aromatic carbocycles. The Hall–Kier alpha value is -0.340. The predicted molar refractivity (Wildman–Crippen MR) is 64.5 cm³/mol. The standard InChI is InChI=1S/C13H25O2/c1-5-8-12(3,14)10-7-11-13(4,15)9-6-2/h5,14-15H,1-2,6-11H2,3-4H3/q-1. The van der Waals surface area contributed by atoms with Gasteiger partial charge in [-0.25, -0.2) is 0 Å². The van der Waals surface area contributed by atoms with Gasteiger partial charge in [0.25, 0.3) is 0 Å². The van der Waals surface area contributed by atoms with Crippen molar-refractivity contribution in [1.82, 2.24) is 0 Å². The van der Waals surface area contributed by atoms with E-state index in [0.717, 1.165) is 25.7 Å². The molecule has 90 valence electrons. The molecule has 2 N–H and O–H groups in total. The Morgan fingerprint density at radius 3 is 2.13 bits per heavy atom. The molecule has 0 aliphatic rings. The van der Waals surface area contributed by atoms with Gasteiger partial charge in [0, 0.05) is 0 Å². The summed E-state index contributed by atoms with van der Waals surface area (Å²) in [4.78, 5) is 0. The Bertz CT molecular complexity index is 183. The molecule has 2 nitrogen and oxygen atoms in total. The molecule has 15 heavy (non-hydrogen) atoms. The summed E-state index contributed by atoms with van der Waals surface area (Å²) in [5.41, 5.74) is -1.31. The zero-order valence-electron chi connectivity index (χ0n) is 10.1. The van der Waals surface area contributed by atoms with E-state index in [1.54, 1.807) is 6.08 Å². The molecule has 0 amide bonds. The van der Waals surface area contributed by atoms with E-state index in [4.69, 9.17) is 0 Å². The lowest BCUT2D eigenvalue weighted by Crippen LogP contribution is -2.27. The van der Waals surface area contributed by atoms with E-state index < -0.39 is 11.2 Å². The van der Waals surface area contributed by atoms with Crippen molar-refractivity contribution in [1.29, 1.82) is 0 Å². The third-order valence-electron chi connectivity index (χ3n) is 2.73. The Labute approximate surface area is 94.0 Å². The van der Waals surface area contributed by atoms with Crippen molar-refractivity contribution in [3.8, 4) is 0 Å². The highest BCUT2D eigenvalue weighted by Gasteiger charge is 2.22. The fourth-order valence-corrected chi connectivity index (χ4v) is 1.77. The maximum Gasteiger partial charge on any atom is 0.0654 e. The second-order valence-corrected chi connectivity index (χ2v) is 4.94. The van der Waals surface area contributed by atoms with Crippen LogP contribution in [0.5, 0.6) is 0 Å². The molecular weight excluding hydrogens is 188 g/mol. The number of hydrogen-bond acceptors (Lipinski definition) is 2. The molecule has 0 saturated carbocycles. The first kappa shape index (κ1) is 14.7. The highest BCUT2D eigenvalue weighted by molar-refractivity contribution is 4.83. The topological polar surface area (TPSA) is 40.5 Å². The van der Waals surface area contributed by atoms with Gasteiger partial charge in [0.2, 0.25) is 0 Å². The lowest BCUT2D eigenvalue weighted by Gasteiger charge is -2.27. The van der Waals surface area contributed by atoms with E-state index in [0.29, 0.717) is 12.8 Å². The van der Waals surface area contributed by atoms with Crippen LogP contribution < -0.4 is 0 Å². The Morgan fingerprint density at radius 2 is 1.67 bits per heavy atom. The van der Waals surface area contributed by atoms with Crippen LogP contribution in [-0.2, 0) is 0 Å². The van der Waals surface area contributed by atoms with Crippen LogP contribution in [0.3, 0.4) is 0 Å². The number of hydrogen-bond donors (Lipinski definition) is 2. The van der Waals surface area contributed by atoms with E-state index in [1.807, 2.05) is 13.8 Å². The molecule has 0 aliphatic carbocycles. The summed E-state index contributed by atoms with van der Waals surface area (Å²) in [6.07, 6.45) is 6.04. The third-order valence-corrected chi connectivity index (χ3v) is 2.73. The smallest absolute Gasteiger partial charge is 0.0654 e. The van der Waals surface area contributed by atoms with Gasteiger partial charge in [0.05, 0.1) is 11.2 Å². The predicted octanol–water partition coefficient (Wildman–Crippen LogP) is 2.85. The fourth-order valence-electron chi connectivity index (χ4n) is 1.77. The zero-order valence-corrected chi connectivity index (χ0v) is 10.1. The normalized spacial score (nSPS) is 19.3. The highest BCUT2D eigenvalue weighted by Crippen LogP contribution is 2.24. The van der Waals surface area contributed by atoms with Crippen molar-refractivity contribution in [2.75, 3.05) is 0 Å². The second-order valence-electron chi connectivity index (χ2n) is 4.94. The Balaban J connectivity index is 3.82. The minimum atomic E-state index is -0.678. The van der Waals surface area contributed by atoms with Crippen LogP contribution in [0.25, 0.3) is 0 Å². The molecule has 0 bridgehead atoms. The molecule has 0 radical (unpaired) electrons. The molecule has 2 unspecified atom stereocenters. The van der Waals surface area contributed by atoms with Crippen molar-refractivity contribution < 1.29 is 10.2 Å². The van der Waals surface area contributed by atoms with E-state index in [1.165, 1.54) is 0 Å². The summed E-state index contributed by atoms with van der Waals surface area (Å²) in [6, 6.07) is 0. The molecule has 0 rings (SSSR count). The first-order valence-electron chi connectivity index (χ1n) is 5.68. The third kappa shape index (κ3) is 7.57. The summed E-state index contributed by atoms with van der Waals surface area (Å²) in [5, 5.41) is 19.8. The SMILES string of the molecule is C=CCC(C)(O)CCCC(C)(O)CC[CH2-]. The summed E-state index contributed by atoms with van der Waals surface area (Å²) in [6.45, 7) is 11.0. The van der Waals surface area contributed by atoms with E-state index in [9.17, 15) is 10.2 Å². The fraction of sp³-hybridized carbons (Fsp3) is 0.769. The monoisotopic (exact) mass is 213 g/mol. The molecular formula is C13H25O2-. The summed E-state index contributed by atoms with van der Waals surface area (Å²) < 4.78 is 0. The largest absolute Gasteiger partial charge is 0.390 e. The molecule has 0 aliphatic heterocycles. The Kier molecular flexibility index (Phi) is 6.15. The van der Waals surface area contributed by atoms with Gasteiger partial charge >= 0.3 is 0 Å². The molecule has 2 heteroatoms. The lowest BCUT2D eigenvalue weighted by molar-refractivity contribution is 0.0190. The van der Waals surface area contributed by atoms with Gasteiger partial charge in [0.1, 0.15) is 0 Å². The zero-order chi connectivity index (χ0) is 11.9. The van der Waals surface area contributed by atoms with Crippen LogP contribution >= 0.6 is 0 Å². The molecule has 0 fully saturated rings. The van der Waals surface area contributed by atoms with Crippen molar-refractivity contribution in [2.24, 2.45) is 0 Å². The maximum absolute atomic E-state index is 9.90. The van der Waals surface area contributed by atoms with Gasteiger partial charge in [-0.3, -0.25) is 0 Å². The number of rotatable bonds is 8. The molecule has 2 atom stereocenters. The van der Waals surface area contributed by atoms with Crippen LogP contribution in [-0.4, -0.2) is 21.4 Å². The molecule has 0 aromatic rings. The van der Waals surface area contributed by atoms with Gasteiger partial charge < -0.3 is 17.1 Å². The van der Waals surface area contributed by atoms with Gasteiger partial charge in [-0.05, 0) is 39.5 Å². The quantitative estimate of drug-likeness (QED) is 0.481. The van der Waals surface area contributed by atoms with E-state index in [2.05, 4.69) is 13.5 Å². The molecule has 0 heterocycles. The maximum atomic E-state index is 9.90. The van der Waals surface area contributed by atoms with Crippen molar-refractivity contribution in [3.05, 3.63) is 19.6 Å². The minimum Gasteiger partial charge on any atom is -0.390 e. The van der Waals surface area contributed by atoms with Gasteiger partial charge in [-0.1, -0.05) is 12.5 Å². The molecule has 0 aromatic heterocycles. The summed E-state index contributed by atoms with van der Waals surface area (Å²) in [5.74, 6) is 0. The second kappa shape index (κ2) is 6.29. The van der Waals surface area contributed by atoms with Crippen LogP contribution in [0.4, 0.5) is 0 Å². The molecule has 0 saturated heterocycles. The highest BCUT2D eigenvalue weighted by atomic mass is 16.3. The summed E-state index contributed by atoms with van der Waals surface area (Å²) in [7, 11) is 0. The van der Waals surface area contributed by atoms with Gasteiger partial charge in [-0.15, -0.1) is 6.58 Å². The van der Waals surface area contributed by atoms with E-state index >= 15 is 0 Å². The van der Waals surface area contributed by atoms with Crippen LogP contribution in [0.15, 0.2) is 12.7 Å². The first-order chi connectivity index (χ1) is 6.83. The van der Waals surface area contributed by atoms with Crippen LogP contribution in [0.1, 0.15) is 52.4 Å². The van der Waals surface area contributed by atoms with Gasteiger partial charge in [0.15, 0.2) is 0 Å². The van der Waals surface area contributed by atoms with Gasteiger partial charge in [-0.2, -0.15) is 6.42 Å². The minimum absolute atomic E-state index is 0.602. The molecule has 0 spiro atoms. The first-order valence-corrected chi connectivity index (χ1v) is 5.68. The van der Waals surface area contributed by atoms with Crippen LogP contribution in [0, 0.1) is 6.92 Å². The van der Waals surface area contributed by atoms with Crippen LogP contribution in [0.2, 0.25) is 0 Å². The average molecular weight is 213 g/mol. The summed E-state index contributed by atoms with van der Waals surface area (Å²) >= 11 is 0.